The zero-order valence-electron chi connectivity index (χ0n) is 9.80. The molecule has 0 aliphatic rings. The Morgan fingerprint density at radius 3 is 2.31 bits per heavy atom. The van der Waals surface area contributed by atoms with Crippen molar-refractivity contribution < 1.29 is 23.4 Å². The van der Waals surface area contributed by atoms with Gasteiger partial charge in [-0.25, -0.2) is 13.6 Å². The van der Waals surface area contributed by atoms with E-state index in [1.165, 1.54) is 0 Å². The summed E-state index contributed by atoms with van der Waals surface area (Å²) >= 11 is 0. The largest absolute Gasteiger partial charge is 0.444 e. The van der Waals surface area contributed by atoms with E-state index in [0.717, 1.165) is 0 Å². The second-order valence-corrected chi connectivity index (χ2v) is 4.49. The van der Waals surface area contributed by atoms with Gasteiger partial charge in [0.05, 0.1) is 12.6 Å². The fourth-order valence-electron chi connectivity index (χ4n) is 1.01. The number of hydrogen-bond acceptors (Lipinski definition) is 3. The van der Waals surface area contributed by atoms with Crippen molar-refractivity contribution in [2.75, 3.05) is 6.61 Å². The van der Waals surface area contributed by atoms with Crippen molar-refractivity contribution in [2.24, 2.45) is 0 Å². The topological polar surface area (TPSA) is 58.6 Å². The summed E-state index contributed by atoms with van der Waals surface area (Å²) < 4.78 is 28.8. The maximum atomic E-state index is 11.9. The first-order valence-electron chi connectivity index (χ1n) is 5.13. The van der Waals surface area contributed by atoms with Crippen LogP contribution in [0.25, 0.3) is 0 Å². The predicted octanol–water partition coefficient (Wildman–Crippen LogP) is 1.92. The van der Waals surface area contributed by atoms with Crippen molar-refractivity contribution in [1.29, 1.82) is 0 Å². The standard InChI is InChI=1S/C10H19F2NO3/c1-10(2,3)16-9(15)13-7(6-14)4-5-8(11)12/h7-8,14H,4-6H2,1-3H3,(H,13,15)/t7-/m0/s1. The molecule has 0 rings (SSSR count). The van der Waals surface area contributed by atoms with E-state index in [4.69, 9.17) is 9.84 Å². The summed E-state index contributed by atoms with van der Waals surface area (Å²) in [4.78, 5) is 11.2. The van der Waals surface area contributed by atoms with Gasteiger partial charge < -0.3 is 15.2 Å². The molecule has 0 aliphatic heterocycles. The number of alkyl halides is 2. The van der Waals surface area contributed by atoms with Crippen molar-refractivity contribution in [3.8, 4) is 0 Å². The van der Waals surface area contributed by atoms with Gasteiger partial charge in [0.2, 0.25) is 6.43 Å². The molecule has 0 aliphatic carbocycles. The average molecular weight is 239 g/mol. The Balaban J connectivity index is 3.97. The molecule has 1 amide bonds. The Hall–Kier alpha value is -0.910. The van der Waals surface area contributed by atoms with Crippen LogP contribution in [-0.4, -0.2) is 35.9 Å². The Labute approximate surface area is 94.0 Å². The average Bonchev–Trinajstić information content (AvgIpc) is 2.08. The molecule has 0 aromatic rings. The number of aliphatic hydroxyl groups is 1. The first kappa shape index (κ1) is 15.1. The summed E-state index contributed by atoms with van der Waals surface area (Å²) in [5.74, 6) is 0. The van der Waals surface area contributed by atoms with Crippen LogP contribution >= 0.6 is 0 Å². The summed E-state index contributed by atoms with van der Waals surface area (Å²) in [6.07, 6.45) is -3.48. The number of amides is 1. The van der Waals surface area contributed by atoms with Crippen LogP contribution < -0.4 is 5.32 Å². The molecule has 0 saturated carbocycles. The number of alkyl carbamates (subject to hydrolysis) is 1. The van der Waals surface area contributed by atoms with E-state index in [0.29, 0.717) is 0 Å². The van der Waals surface area contributed by atoms with E-state index in [-0.39, 0.29) is 19.4 Å². The molecule has 0 radical (unpaired) electrons. The van der Waals surface area contributed by atoms with Crippen LogP contribution in [0.15, 0.2) is 0 Å². The van der Waals surface area contributed by atoms with Gasteiger partial charge in [-0.05, 0) is 27.2 Å². The maximum absolute atomic E-state index is 11.9. The molecule has 4 nitrogen and oxygen atoms in total. The fraction of sp³-hybridized carbons (Fsp3) is 0.900. The van der Waals surface area contributed by atoms with Gasteiger partial charge in [0.1, 0.15) is 5.60 Å². The smallest absolute Gasteiger partial charge is 0.407 e. The highest BCUT2D eigenvalue weighted by Crippen LogP contribution is 2.09. The van der Waals surface area contributed by atoms with Crippen LogP contribution in [0.1, 0.15) is 33.6 Å². The fourth-order valence-corrected chi connectivity index (χ4v) is 1.01. The highest BCUT2D eigenvalue weighted by Gasteiger charge is 2.19. The second kappa shape index (κ2) is 6.62. The molecule has 0 aromatic heterocycles. The third-order valence-corrected chi connectivity index (χ3v) is 1.67. The second-order valence-electron chi connectivity index (χ2n) is 4.49. The third-order valence-electron chi connectivity index (χ3n) is 1.67. The van der Waals surface area contributed by atoms with Crippen LogP contribution in [-0.2, 0) is 4.74 Å². The first-order chi connectivity index (χ1) is 7.24. The van der Waals surface area contributed by atoms with Gasteiger partial charge in [-0.3, -0.25) is 0 Å². The lowest BCUT2D eigenvalue weighted by molar-refractivity contribution is 0.0464. The van der Waals surface area contributed by atoms with Gasteiger partial charge in [0, 0.05) is 6.42 Å². The summed E-state index contributed by atoms with van der Waals surface area (Å²) in [6, 6.07) is -0.691. The number of ether oxygens (including phenoxy) is 1. The van der Waals surface area contributed by atoms with Gasteiger partial charge in [-0.2, -0.15) is 0 Å². The van der Waals surface area contributed by atoms with Gasteiger partial charge in [-0.15, -0.1) is 0 Å². The lowest BCUT2D eigenvalue weighted by Gasteiger charge is -2.22. The third kappa shape index (κ3) is 8.40. The van der Waals surface area contributed by atoms with Crippen molar-refractivity contribution in [3.05, 3.63) is 0 Å². The Kier molecular flexibility index (Phi) is 6.25. The lowest BCUT2D eigenvalue weighted by Crippen LogP contribution is -2.41. The summed E-state index contributed by atoms with van der Waals surface area (Å²) in [5.41, 5.74) is -0.646. The van der Waals surface area contributed by atoms with E-state index in [1.54, 1.807) is 20.8 Å². The molecule has 16 heavy (non-hydrogen) atoms. The van der Waals surface area contributed by atoms with Crippen LogP contribution in [0.5, 0.6) is 0 Å². The molecule has 2 N–H and O–H groups in total. The van der Waals surface area contributed by atoms with Gasteiger partial charge in [0.25, 0.3) is 0 Å². The maximum Gasteiger partial charge on any atom is 0.407 e. The van der Waals surface area contributed by atoms with Gasteiger partial charge in [0.15, 0.2) is 0 Å². The van der Waals surface area contributed by atoms with Crippen LogP contribution in [0.2, 0.25) is 0 Å². The highest BCUT2D eigenvalue weighted by atomic mass is 19.3. The van der Waals surface area contributed by atoms with E-state index in [2.05, 4.69) is 5.32 Å². The number of aliphatic hydroxyl groups excluding tert-OH is 1. The van der Waals surface area contributed by atoms with Crippen LogP contribution in [0, 0.1) is 0 Å². The molecule has 0 unspecified atom stereocenters. The number of nitrogens with one attached hydrogen (secondary N) is 1. The van der Waals surface area contributed by atoms with E-state index in [9.17, 15) is 13.6 Å². The minimum atomic E-state index is -2.44. The number of carbonyl (C=O) groups excluding carboxylic acids is 1. The number of carbonyl (C=O) groups is 1. The number of halogens is 2. The lowest BCUT2D eigenvalue weighted by atomic mass is 10.2. The minimum absolute atomic E-state index is 0.0212. The molecule has 0 fully saturated rings. The zero-order chi connectivity index (χ0) is 12.8. The van der Waals surface area contributed by atoms with Crippen molar-refractivity contribution in [1.82, 2.24) is 5.32 Å². The molecular formula is C10H19F2NO3. The Morgan fingerprint density at radius 1 is 1.38 bits per heavy atom. The van der Waals surface area contributed by atoms with Crippen molar-refractivity contribution in [3.63, 3.8) is 0 Å². The van der Waals surface area contributed by atoms with Crippen molar-refractivity contribution >= 4 is 6.09 Å². The number of hydrogen-bond donors (Lipinski definition) is 2. The quantitative estimate of drug-likeness (QED) is 0.770. The minimum Gasteiger partial charge on any atom is -0.444 e. The predicted molar refractivity (Wildman–Crippen MR) is 55.5 cm³/mol. The monoisotopic (exact) mass is 239 g/mol. The van der Waals surface area contributed by atoms with E-state index in [1.807, 2.05) is 0 Å². The first-order valence-corrected chi connectivity index (χ1v) is 5.13. The molecular weight excluding hydrogens is 220 g/mol. The molecule has 96 valence electrons. The number of rotatable bonds is 5. The molecule has 0 saturated heterocycles. The molecule has 0 aromatic carbocycles. The summed E-state index contributed by atoms with van der Waals surface area (Å²) in [7, 11) is 0. The van der Waals surface area contributed by atoms with Crippen LogP contribution in [0.3, 0.4) is 0 Å². The SMILES string of the molecule is CC(C)(C)OC(=O)N[C@H](CO)CCC(F)F. The Morgan fingerprint density at radius 2 is 1.94 bits per heavy atom. The van der Waals surface area contributed by atoms with Crippen molar-refractivity contribution in [2.45, 2.75) is 51.7 Å². The van der Waals surface area contributed by atoms with Crippen LogP contribution in [0.4, 0.5) is 13.6 Å². The van der Waals surface area contributed by atoms with Gasteiger partial charge >= 0.3 is 6.09 Å². The summed E-state index contributed by atoms with van der Waals surface area (Å²) in [6.45, 7) is 4.70. The molecule has 0 spiro atoms. The molecule has 1 atom stereocenters. The zero-order valence-corrected chi connectivity index (χ0v) is 9.80. The van der Waals surface area contributed by atoms with E-state index >= 15 is 0 Å². The normalized spacial score (nSPS) is 13.7. The Bertz CT molecular complexity index is 217. The van der Waals surface area contributed by atoms with Gasteiger partial charge in [-0.1, -0.05) is 0 Å². The highest BCUT2D eigenvalue weighted by molar-refractivity contribution is 5.68. The summed E-state index contributed by atoms with van der Waals surface area (Å²) in [5, 5.41) is 11.2. The van der Waals surface area contributed by atoms with E-state index < -0.39 is 24.2 Å². The molecule has 6 heteroatoms. The molecule has 0 bridgehead atoms. The molecule has 0 heterocycles.